The third-order valence-corrected chi connectivity index (χ3v) is 2.47. The van der Waals surface area contributed by atoms with E-state index in [1.165, 1.54) is 0 Å². The van der Waals surface area contributed by atoms with E-state index in [-0.39, 0.29) is 0 Å². The molecule has 1 nitrogen and oxygen atoms in total. The second-order valence-corrected chi connectivity index (χ2v) is 3.93. The minimum Gasteiger partial charge on any atom is -0.469 e. The summed E-state index contributed by atoms with van der Waals surface area (Å²) in [7, 11) is 0. The summed E-state index contributed by atoms with van der Waals surface area (Å²) in [4.78, 5) is 0.471. The van der Waals surface area contributed by atoms with E-state index in [0.717, 1.165) is 5.76 Å². The third-order valence-electron chi connectivity index (χ3n) is 1.68. The van der Waals surface area contributed by atoms with Crippen molar-refractivity contribution in [1.82, 2.24) is 0 Å². The molecule has 0 saturated heterocycles. The van der Waals surface area contributed by atoms with E-state index in [9.17, 15) is 0 Å². The lowest BCUT2D eigenvalue weighted by atomic mass is 10.1. The maximum Gasteiger partial charge on any atom is 0.107 e. The van der Waals surface area contributed by atoms with E-state index in [0.29, 0.717) is 10.7 Å². The molecule has 0 saturated carbocycles. The van der Waals surface area contributed by atoms with Gasteiger partial charge in [-0.2, -0.15) is 0 Å². The predicted octanol–water partition coefficient (Wildman–Crippen LogP) is 3.17. The molecule has 1 rings (SSSR count). The summed E-state index contributed by atoms with van der Waals surface area (Å²) in [5.74, 6) is 1.50. The number of furan rings is 1. The van der Waals surface area contributed by atoms with Crippen molar-refractivity contribution in [3.05, 3.63) is 24.2 Å². The zero-order chi connectivity index (χ0) is 7.56. The van der Waals surface area contributed by atoms with Crippen LogP contribution in [0.2, 0.25) is 0 Å². The van der Waals surface area contributed by atoms with Gasteiger partial charge in [0.2, 0.25) is 0 Å². The molecule has 0 radical (unpaired) electrons. The number of halogens is 1. The Labute approximate surface area is 69.6 Å². The molecule has 0 aromatic carbocycles. The van der Waals surface area contributed by atoms with Crippen LogP contribution < -0.4 is 0 Å². The zero-order valence-electron chi connectivity index (χ0n) is 6.17. The van der Waals surface area contributed by atoms with Crippen LogP contribution >= 0.6 is 15.9 Å². The fourth-order valence-corrected chi connectivity index (χ4v) is 1.04. The molecule has 0 aliphatic carbocycles. The summed E-state index contributed by atoms with van der Waals surface area (Å²) in [6, 6.07) is 3.92. The normalized spacial score (nSPS) is 16.7. The molecule has 2 unspecified atom stereocenters. The average Bonchev–Trinajstić information content (AvgIpc) is 2.36. The summed E-state index contributed by atoms with van der Waals surface area (Å²) >= 11 is 3.50. The quantitative estimate of drug-likeness (QED) is 0.673. The zero-order valence-corrected chi connectivity index (χ0v) is 7.76. The maximum atomic E-state index is 5.23. The van der Waals surface area contributed by atoms with E-state index >= 15 is 0 Å². The number of alkyl halides is 1. The molecule has 0 aliphatic heterocycles. The van der Waals surface area contributed by atoms with E-state index in [1.54, 1.807) is 6.26 Å². The highest BCUT2D eigenvalue weighted by molar-refractivity contribution is 9.09. The largest absolute Gasteiger partial charge is 0.469 e. The van der Waals surface area contributed by atoms with Crippen molar-refractivity contribution in [3.63, 3.8) is 0 Å². The van der Waals surface area contributed by atoms with Gasteiger partial charge in [-0.3, -0.25) is 0 Å². The molecule has 0 N–H and O–H groups in total. The van der Waals surface area contributed by atoms with Crippen LogP contribution in [0.5, 0.6) is 0 Å². The molecule has 2 heteroatoms. The van der Waals surface area contributed by atoms with E-state index < -0.39 is 0 Å². The first kappa shape index (κ1) is 7.86. The van der Waals surface area contributed by atoms with Gasteiger partial charge in [0.15, 0.2) is 0 Å². The molecule has 10 heavy (non-hydrogen) atoms. The lowest BCUT2D eigenvalue weighted by Crippen LogP contribution is -2.02. The Morgan fingerprint density at radius 1 is 1.50 bits per heavy atom. The first-order valence-electron chi connectivity index (χ1n) is 3.39. The minimum absolute atomic E-state index is 0.454. The Morgan fingerprint density at radius 3 is 2.60 bits per heavy atom. The van der Waals surface area contributed by atoms with Crippen molar-refractivity contribution in [2.75, 3.05) is 0 Å². The van der Waals surface area contributed by atoms with Crippen molar-refractivity contribution >= 4 is 15.9 Å². The molecule has 1 aromatic heterocycles. The molecule has 56 valence electrons. The number of rotatable bonds is 2. The fourth-order valence-electron chi connectivity index (χ4n) is 0.777. The molecule has 1 heterocycles. The van der Waals surface area contributed by atoms with Crippen LogP contribution in [0, 0.1) is 0 Å². The van der Waals surface area contributed by atoms with Gasteiger partial charge in [-0.1, -0.05) is 29.8 Å². The van der Waals surface area contributed by atoms with Crippen molar-refractivity contribution in [1.29, 1.82) is 0 Å². The highest BCUT2D eigenvalue weighted by Gasteiger charge is 2.12. The molecule has 0 bridgehead atoms. The van der Waals surface area contributed by atoms with Crippen LogP contribution in [-0.4, -0.2) is 4.83 Å². The van der Waals surface area contributed by atoms with Crippen molar-refractivity contribution < 1.29 is 4.42 Å². The van der Waals surface area contributed by atoms with Gasteiger partial charge in [0.25, 0.3) is 0 Å². The van der Waals surface area contributed by atoms with Crippen molar-refractivity contribution in [2.24, 2.45) is 0 Å². The Hall–Kier alpha value is -0.240. The van der Waals surface area contributed by atoms with Crippen LogP contribution in [0.4, 0.5) is 0 Å². The fraction of sp³-hybridized carbons (Fsp3) is 0.500. The van der Waals surface area contributed by atoms with Crippen molar-refractivity contribution in [3.8, 4) is 0 Å². The molecule has 0 amide bonds. The van der Waals surface area contributed by atoms with Crippen LogP contribution in [0.25, 0.3) is 0 Å². The van der Waals surface area contributed by atoms with Crippen LogP contribution in [-0.2, 0) is 0 Å². The molecule has 0 spiro atoms. The first-order chi connectivity index (χ1) is 4.72. The van der Waals surface area contributed by atoms with Gasteiger partial charge in [0.05, 0.1) is 6.26 Å². The second kappa shape index (κ2) is 3.24. The van der Waals surface area contributed by atoms with Crippen LogP contribution in [0.3, 0.4) is 0 Å². The Kier molecular flexibility index (Phi) is 2.55. The second-order valence-electron chi connectivity index (χ2n) is 2.48. The maximum absolute atomic E-state index is 5.23. The van der Waals surface area contributed by atoms with Gasteiger partial charge in [-0.25, -0.2) is 0 Å². The van der Waals surface area contributed by atoms with Gasteiger partial charge >= 0.3 is 0 Å². The first-order valence-corrected chi connectivity index (χ1v) is 4.31. The Balaban J connectivity index is 2.68. The molecular formula is C8H11BrO. The highest BCUT2D eigenvalue weighted by atomic mass is 79.9. The monoisotopic (exact) mass is 202 g/mol. The standard InChI is InChI=1S/C8H11BrO/c1-6(7(2)9)8-4-3-5-10-8/h3-7H,1-2H3. The molecule has 0 fully saturated rings. The van der Waals surface area contributed by atoms with E-state index in [2.05, 4.69) is 29.8 Å². The molecule has 2 atom stereocenters. The van der Waals surface area contributed by atoms with Crippen LogP contribution in [0.1, 0.15) is 25.5 Å². The molecule has 0 aliphatic rings. The van der Waals surface area contributed by atoms with E-state index in [1.807, 2.05) is 12.1 Å². The lowest BCUT2D eigenvalue weighted by molar-refractivity contribution is 0.474. The lowest BCUT2D eigenvalue weighted by Gasteiger charge is -2.09. The van der Waals surface area contributed by atoms with Gasteiger partial charge in [-0.15, -0.1) is 0 Å². The van der Waals surface area contributed by atoms with E-state index in [4.69, 9.17) is 4.42 Å². The van der Waals surface area contributed by atoms with Crippen LogP contribution in [0.15, 0.2) is 22.8 Å². The molecular weight excluding hydrogens is 192 g/mol. The van der Waals surface area contributed by atoms with Gasteiger partial charge in [-0.05, 0) is 12.1 Å². The van der Waals surface area contributed by atoms with Crippen molar-refractivity contribution in [2.45, 2.75) is 24.6 Å². The SMILES string of the molecule is CC(Br)C(C)c1ccco1. The summed E-state index contributed by atoms with van der Waals surface area (Å²) in [5, 5.41) is 0. The average molecular weight is 203 g/mol. The highest BCUT2D eigenvalue weighted by Crippen LogP contribution is 2.23. The number of hydrogen-bond donors (Lipinski definition) is 0. The van der Waals surface area contributed by atoms with Gasteiger partial charge in [0.1, 0.15) is 5.76 Å². The summed E-state index contributed by atoms with van der Waals surface area (Å²) in [5.41, 5.74) is 0. The molecule has 1 aromatic rings. The number of hydrogen-bond acceptors (Lipinski definition) is 1. The Morgan fingerprint density at radius 2 is 2.20 bits per heavy atom. The van der Waals surface area contributed by atoms with Gasteiger partial charge < -0.3 is 4.42 Å². The summed E-state index contributed by atoms with van der Waals surface area (Å²) in [6.45, 7) is 4.26. The minimum atomic E-state index is 0.454. The third kappa shape index (κ3) is 1.63. The Bertz CT molecular complexity index is 179. The predicted molar refractivity (Wildman–Crippen MR) is 45.5 cm³/mol. The smallest absolute Gasteiger partial charge is 0.107 e. The van der Waals surface area contributed by atoms with Gasteiger partial charge in [0, 0.05) is 10.7 Å². The summed E-state index contributed by atoms with van der Waals surface area (Å²) < 4.78 is 5.23. The topological polar surface area (TPSA) is 13.1 Å². The summed E-state index contributed by atoms with van der Waals surface area (Å²) in [6.07, 6.45) is 1.71.